The summed E-state index contributed by atoms with van der Waals surface area (Å²) in [6.07, 6.45) is 1.12. The highest BCUT2D eigenvalue weighted by Crippen LogP contribution is 2.35. The standard InChI is InChI=1S/C18H21NOS/c1-4-9-19-18(15-10-12(2)20-13(15)3)16-11-21-17-8-6-5-7-14(16)17/h5-8,10-11,18-19H,4,9H2,1-3H3. The summed E-state index contributed by atoms with van der Waals surface area (Å²) in [6, 6.07) is 11.0. The van der Waals surface area contributed by atoms with Crippen molar-refractivity contribution in [1.82, 2.24) is 5.32 Å². The summed E-state index contributed by atoms with van der Waals surface area (Å²) in [6.45, 7) is 7.26. The summed E-state index contributed by atoms with van der Waals surface area (Å²) in [5.41, 5.74) is 2.61. The molecular weight excluding hydrogens is 278 g/mol. The zero-order chi connectivity index (χ0) is 14.8. The monoisotopic (exact) mass is 299 g/mol. The Morgan fingerprint density at radius 3 is 2.71 bits per heavy atom. The predicted molar refractivity (Wildman–Crippen MR) is 90.1 cm³/mol. The number of hydrogen-bond acceptors (Lipinski definition) is 3. The van der Waals surface area contributed by atoms with Gasteiger partial charge in [-0.05, 0) is 55.3 Å². The van der Waals surface area contributed by atoms with Crippen LogP contribution in [0.15, 0.2) is 40.1 Å². The van der Waals surface area contributed by atoms with E-state index in [1.54, 1.807) is 0 Å². The SMILES string of the molecule is CCCNC(c1cc(C)oc1C)c1csc2ccccc12. The van der Waals surface area contributed by atoms with E-state index in [4.69, 9.17) is 4.42 Å². The first-order chi connectivity index (χ1) is 10.2. The van der Waals surface area contributed by atoms with Gasteiger partial charge in [0.05, 0.1) is 6.04 Å². The second-order valence-electron chi connectivity index (χ2n) is 5.44. The van der Waals surface area contributed by atoms with E-state index in [2.05, 4.69) is 54.9 Å². The average molecular weight is 299 g/mol. The third-order valence-corrected chi connectivity index (χ3v) is 4.79. The Morgan fingerprint density at radius 1 is 1.19 bits per heavy atom. The highest BCUT2D eigenvalue weighted by Gasteiger charge is 2.21. The average Bonchev–Trinajstić information content (AvgIpc) is 3.04. The van der Waals surface area contributed by atoms with E-state index in [1.807, 2.05) is 18.3 Å². The molecule has 110 valence electrons. The minimum Gasteiger partial charge on any atom is -0.466 e. The molecule has 21 heavy (non-hydrogen) atoms. The first-order valence-corrected chi connectivity index (χ1v) is 8.35. The van der Waals surface area contributed by atoms with Crippen LogP contribution in [-0.4, -0.2) is 6.54 Å². The second kappa shape index (κ2) is 6.04. The molecule has 2 heterocycles. The fourth-order valence-electron chi connectivity index (χ4n) is 2.84. The molecule has 1 aromatic carbocycles. The normalized spacial score (nSPS) is 12.9. The summed E-state index contributed by atoms with van der Waals surface area (Å²) in [5, 5.41) is 7.30. The molecule has 0 aliphatic heterocycles. The number of furan rings is 1. The van der Waals surface area contributed by atoms with Gasteiger partial charge in [0.15, 0.2) is 0 Å². The third kappa shape index (κ3) is 2.76. The van der Waals surface area contributed by atoms with Crippen molar-refractivity contribution in [2.45, 2.75) is 33.2 Å². The molecule has 0 saturated carbocycles. The summed E-state index contributed by atoms with van der Waals surface area (Å²) < 4.78 is 7.09. The van der Waals surface area contributed by atoms with E-state index in [0.717, 1.165) is 24.5 Å². The number of aryl methyl sites for hydroxylation is 2. The summed E-state index contributed by atoms with van der Waals surface area (Å²) in [5.74, 6) is 1.99. The summed E-state index contributed by atoms with van der Waals surface area (Å²) in [4.78, 5) is 0. The largest absolute Gasteiger partial charge is 0.466 e. The highest BCUT2D eigenvalue weighted by atomic mass is 32.1. The smallest absolute Gasteiger partial charge is 0.106 e. The molecule has 0 amide bonds. The molecule has 0 aliphatic rings. The number of hydrogen-bond donors (Lipinski definition) is 1. The number of fused-ring (bicyclic) bond motifs is 1. The molecule has 0 aliphatic carbocycles. The Labute approximate surface area is 129 Å². The van der Waals surface area contributed by atoms with Crippen molar-refractivity contribution in [1.29, 1.82) is 0 Å². The van der Waals surface area contributed by atoms with Gasteiger partial charge in [-0.2, -0.15) is 0 Å². The lowest BCUT2D eigenvalue weighted by Crippen LogP contribution is -2.23. The lowest BCUT2D eigenvalue weighted by atomic mass is 9.98. The van der Waals surface area contributed by atoms with Crippen molar-refractivity contribution in [2.75, 3.05) is 6.54 Å². The van der Waals surface area contributed by atoms with Crippen molar-refractivity contribution < 1.29 is 4.42 Å². The van der Waals surface area contributed by atoms with Gasteiger partial charge in [-0.15, -0.1) is 11.3 Å². The van der Waals surface area contributed by atoms with E-state index < -0.39 is 0 Å². The number of benzene rings is 1. The van der Waals surface area contributed by atoms with Gasteiger partial charge in [0.1, 0.15) is 11.5 Å². The molecular formula is C18H21NOS. The Morgan fingerprint density at radius 2 is 2.00 bits per heavy atom. The molecule has 3 aromatic rings. The van der Waals surface area contributed by atoms with Crippen molar-refractivity contribution in [3.05, 3.63) is 58.4 Å². The van der Waals surface area contributed by atoms with Crippen LogP contribution in [0.4, 0.5) is 0 Å². The molecule has 1 N–H and O–H groups in total. The van der Waals surface area contributed by atoms with Crippen LogP contribution >= 0.6 is 11.3 Å². The molecule has 0 saturated heterocycles. The van der Waals surface area contributed by atoms with Gasteiger partial charge < -0.3 is 9.73 Å². The topological polar surface area (TPSA) is 25.2 Å². The van der Waals surface area contributed by atoms with Crippen LogP contribution < -0.4 is 5.32 Å². The Bertz CT molecular complexity index is 741. The van der Waals surface area contributed by atoms with Gasteiger partial charge in [0.25, 0.3) is 0 Å². The number of rotatable bonds is 5. The zero-order valence-corrected chi connectivity index (χ0v) is 13.6. The van der Waals surface area contributed by atoms with Gasteiger partial charge >= 0.3 is 0 Å². The number of thiophene rings is 1. The first kappa shape index (κ1) is 14.4. The molecule has 2 aromatic heterocycles. The van der Waals surface area contributed by atoms with Crippen LogP contribution in [-0.2, 0) is 0 Å². The Kier molecular flexibility index (Phi) is 4.13. The first-order valence-electron chi connectivity index (χ1n) is 7.47. The molecule has 1 atom stereocenters. The summed E-state index contributed by atoms with van der Waals surface area (Å²) in [7, 11) is 0. The highest BCUT2D eigenvalue weighted by molar-refractivity contribution is 7.17. The lowest BCUT2D eigenvalue weighted by molar-refractivity contribution is 0.494. The molecule has 2 nitrogen and oxygen atoms in total. The molecule has 0 radical (unpaired) electrons. The fourth-order valence-corrected chi connectivity index (χ4v) is 3.82. The Balaban J connectivity index is 2.09. The van der Waals surface area contributed by atoms with Crippen LogP contribution in [0.5, 0.6) is 0 Å². The molecule has 3 heteroatoms. The van der Waals surface area contributed by atoms with Gasteiger partial charge in [0.2, 0.25) is 0 Å². The molecule has 0 bridgehead atoms. The second-order valence-corrected chi connectivity index (χ2v) is 6.35. The minimum atomic E-state index is 0.207. The van der Waals surface area contributed by atoms with Gasteiger partial charge in [-0.1, -0.05) is 25.1 Å². The molecule has 1 unspecified atom stereocenters. The van der Waals surface area contributed by atoms with Crippen molar-refractivity contribution in [3.8, 4) is 0 Å². The maximum absolute atomic E-state index is 5.75. The van der Waals surface area contributed by atoms with Crippen molar-refractivity contribution in [3.63, 3.8) is 0 Å². The van der Waals surface area contributed by atoms with Gasteiger partial charge in [-0.25, -0.2) is 0 Å². The molecule has 0 fully saturated rings. The third-order valence-electron chi connectivity index (χ3n) is 3.81. The fraction of sp³-hybridized carbons (Fsp3) is 0.333. The summed E-state index contributed by atoms with van der Waals surface area (Å²) >= 11 is 1.81. The van der Waals surface area contributed by atoms with E-state index >= 15 is 0 Å². The lowest BCUT2D eigenvalue weighted by Gasteiger charge is -2.18. The van der Waals surface area contributed by atoms with E-state index in [1.165, 1.54) is 21.2 Å². The van der Waals surface area contributed by atoms with Crippen LogP contribution in [0.3, 0.4) is 0 Å². The predicted octanol–water partition coefficient (Wildman–Crippen LogP) is 5.20. The molecule has 0 spiro atoms. The van der Waals surface area contributed by atoms with Crippen LogP contribution in [0.2, 0.25) is 0 Å². The van der Waals surface area contributed by atoms with Crippen LogP contribution in [0.1, 0.15) is 42.0 Å². The zero-order valence-electron chi connectivity index (χ0n) is 12.8. The van der Waals surface area contributed by atoms with Crippen molar-refractivity contribution in [2.24, 2.45) is 0 Å². The quantitative estimate of drug-likeness (QED) is 0.700. The van der Waals surface area contributed by atoms with Gasteiger partial charge in [-0.3, -0.25) is 0 Å². The van der Waals surface area contributed by atoms with E-state index in [9.17, 15) is 0 Å². The van der Waals surface area contributed by atoms with Gasteiger partial charge in [0, 0.05) is 10.3 Å². The van der Waals surface area contributed by atoms with E-state index in [0.29, 0.717) is 0 Å². The maximum atomic E-state index is 5.75. The molecule has 3 rings (SSSR count). The van der Waals surface area contributed by atoms with E-state index in [-0.39, 0.29) is 6.04 Å². The number of nitrogens with one attached hydrogen (secondary N) is 1. The maximum Gasteiger partial charge on any atom is 0.106 e. The van der Waals surface area contributed by atoms with Crippen LogP contribution in [0.25, 0.3) is 10.1 Å². The van der Waals surface area contributed by atoms with Crippen molar-refractivity contribution >= 4 is 21.4 Å². The minimum absolute atomic E-state index is 0.207. The Hall–Kier alpha value is -1.58. The van der Waals surface area contributed by atoms with Crippen LogP contribution in [0, 0.1) is 13.8 Å².